The number of rotatable bonds is 5. The van der Waals surface area contributed by atoms with E-state index >= 15 is 4.39 Å². The van der Waals surface area contributed by atoms with Crippen LogP contribution in [0.5, 0.6) is 0 Å². The van der Waals surface area contributed by atoms with Crippen LogP contribution >= 0.6 is 0 Å². The normalized spacial score (nSPS) is 12.8. The third kappa shape index (κ3) is 4.45. The first-order valence-corrected chi connectivity index (χ1v) is 9.08. The Morgan fingerprint density at radius 3 is 2.17 bits per heavy atom. The Morgan fingerprint density at radius 1 is 1.03 bits per heavy atom. The minimum atomic E-state index is -5.17. The van der Waals surface area contributed by atoms with Crippen LogP contribution in [0.2, 0.25) is 0 Å². The van der Waals surface area contributed by atoms with Gasteiger partial charge in [0.2, 0.25) is 0 Å². The van der Waals surface area contributed by atoms with Gasteiger partial charge >= 0.3 is 12.1 Å². The van der Waals surface area contributed by atoms with Crippen molar-refractivity contribution in [2.24, 2.45) is 5.73 Å². The Morgan fingerprint density at radius 2 is 1.63 bits per heavy atom. The summed E-state index contributed by atoms with van der Waals surface area (Å²) in [5.74, 6) is -4.93. The van der Waals surface area contributed by atoms with Gasteiger partial charge in [0.25, 0.3) is 0 Å². The summed E-state index contributed by atoms with van der Waals surface area (Å²) < 4.78 is 89.5. The first kappa shape index (κ1) is 23.7. The van der Waals surface area contributed by atoms with E-state index < -0.39 is 58.8 Å². The highest BCUT2D eigenvalue weighted by Crippen LogP contribution is 2.42. The number of ether oxygens (including phenoxy) is 1. The molecular weight excluding hydrogens is 412 g/mol. The molecule has 0 aliphatic rings. The van der Waals surface area contributed by atoms with Gasteiger partial charge in [-0.2, -0.15) is 13.2 Å². The molecule has 2 aromatic rings. The van der Waals surface area contributed by atoms with Gasteiger partial charge in [0, 0.05) is 17.2 Å². The molecule has 2 rings (SSSR count). The molecule has 164 valence electrons. The zero-order chi connectivity index (χ0) is 23.0. The number of nitrogens with two attached hydrogens (primary N) is 1. The zero-order valence-electron chi connectivity index (χ0n) is 16.8. The fourth-order valence-corrected chi connectivity index (χ4v) is 3.45. The average Bonchev–Trinajstić information content (AvgIpc) is 2.60. The van der Waals surface area contributed by atoms with Crippen LogP contribution in [0.1, 0.15) is 47.2 Å². The molecule has 3 nitrogen and oxygen atoms in total. The van der Waals surface area contributed by atoms with E-state index in [1.165, 1.54) is 33.8 Å². The van der Waals surface area contributed by atoms with Crippen LogP contribution < -0.4 is 5.73 Å². The molecular formula is C21H21F6NO2. The van der Waals surface area contributed by atoms with E-state index in [2.05, 4.69) is 4.74 Å². The van der Waals surface area contributed by atoms with Gasteiger partial charge in [-0.3, -0.25) is 4.79 Å². The van der Waals surface area contributed by atoms with Crippen LogP contribution in [0.25, 0.3) is 11.1 Å². The van der Waals surface area contributed by atoms with Crippen molar-refractivity contribution in [3.05, 3.63) is 57.4 Å². The molecule has 0 amide bonds. The predicted octanol–water partition coefficient (Wildman–Crippen LogP) is 5.67. The molecule has 2 N–H and O–H groups in total. The molecule has 0 radical (unpaired) electrons. The monoisotopic (exact) mass is 433 g/mol. The largest absolute Gasteiger partial charge is 0.466 e. The first-order valence-electron chi connectivity index (χ1n) is 9.08. The maximum Gasteiger partial charge on any atom is 0.419 e. The lowest BCUT2D eigenvalue weighted by atomic mass is 9.88. The van der Waals surface area contributed by atoms with Crippen LogP contribution in [0, 0.1) is 38.2 Å². The Labute approximate surface area is 169 Å². The summed E-state index contributed by atoms with van der Waals surface area (Å²) in [5.41, 5.74) is 2.50. The highest BCUT2D eigenvalue weighted by atomic mass is 19.4. The third-order valence-corrected chi connectivity index (χ3v) is 4.75. The molecule has 0 spiro atoms. The molecule has 0 aromatic heterocycles. The zero-order valence-corrected chi connectivity index (χ0v) is 16.8. The van der Waals surface area contributed by atoms with E-state index in [1.807, 2.05) is 0 Å². The average molecular weight is 433 g/mol. The molecule has 2 aromatic carbocycles. The molecule has 0 heterocycles. The van der Waals surface area contributed by atoms with Crippen LogP contribution in [-0.2, 0) is 15.7 Å². The van der Waals surface area contributed by atoms with E-state index in [1.54, 1.807) is 0 Å². The van der Waals surface area contributed by atoms with Crippen molar-refractivity contribution in [2.75, 3.05) is 6.61 Å². The third-order valence-electron chi connectivity index (χ3n) is 4.75. The number of hydrogen-bond acceptors (Lipinski definition) is 3. The quantitative estimate of drug-likeness (QED) is 0.489. The second-order valence-electron chi connectivity index (χ2n) is 6.95. The highest BCUT2D eigenvalue weighted by molar-refractivity contribution is 5.75. The lowest BCUT2D eigenvalue weighted by molar-refractivity contribution is -0.143. The lowest BCUT2D eigenvalue weighted by Gasteiger charge is -2.21. The SMILES string of the molecule is CCOC(=O)C[C@H](N)c1c(F)c(-c2c(C)cc(C)c(F)c2C)cc(C(F)(F)F)c1F. The number of carbonyl (C=O) groups is 1. The van der Waals surface area contributed by atoms with Crippen molar-refractivity contribution in [3.63, 3.8) is 0 Å². The fraction of sp³-hybridized carbons (Fsp3) is 0.381. The number of carbonyl (C=O) groups excluding carboxylic acids is 1. The standard InChI is InChI=1S/C21H21F6NO2/c1-5-30-15(29)8-14(28)17-19(23)12(7-13(20(17)24)21(25,26)27)16-9(2)6-10(3)18(22)11(16)4/h6-7,14H,5,8,28H2,1-4H3/t14-/m0/s1. The minimum Gasteiger partial charge on any atom is -0.466 e. The van der Waals surface area contributed by atoms with E-state index in [0.29, 0.717) is 11.6 Å². The summed E-state index contributed by atoms with van der Waals surface area (Å²) >= 11 is 0. The van der Waals surface area contributed by atoms with E-state index in [0.717, 1.165) is 0 Å². The Kier molecular flexibility index (Phi) is 6.86. The van der Waals surface area contributed by atoms with Gasteiger partial charge in [0.05, 0.1) is 18.6 Å². The van der Waals surface area contributed by atoms with Crippen LogP contribution in [0.4, 0.5) is 26.3 Å². The summed E-state index contributed by atoms with van der Waals surface area (Å²) in [4.78, 5) is 11.7. The predicted molar refractivity (Wildman–Crippen MR) is 99.1 cm³/mol. The van der Waals surface area contributed by atoms with Crippen LogP contribution in [0.3, 0.4) is 0 Å². The number of aryl methyl sites for hydroxylation is 2. The summed E-state index contributed by atoms with van der Waals surface area (Å²) in [5, 5.41) is 0. The van der Waals surface area contributed by atoms with Gasteiger partial charge in [-0.05, 0) is 56.0 Å². The smallest absolute Gasteiger partial charge is 0.419 e. The number of hydrogen-bond donors (Lipinski definition) is 1. The van der Waals surface area contributed by atoms with Crippen LogP contribution in [0.15, 0.2) is 12.1 Å². The molecule has 1 atom stereocenters. The highest BCUT2D eigenvalue weighted by Gasteiger charge is 2.39. The summed E-state index contributed by atoms with van der Waals surface area (Å²) in [6.45, 7) is 5.68. The van der Waals surface area contributed by atoms with Gasteiger partial charge in [-0.15, -0.1) is 0 Å². The lowest BCUT2D eigenvalue weighted by Crippen LogP contribution is -2.22. The molecule has 0 unspecified atom stereocenters. The number of halogens is 6. The summed E-state index contributed by atoms with van der Waals surface area (Å²) in [6.07, 6.45) is -5.90. The van der Waals surface area contributed by atoms with Gasteiger partial charge in [-0.25, -0.2) is 13.2 Å². The number of benzene rings is 2. The number of esters is 1. The van der Waals surface area contributed by atoms with Crippen molar-refractivity contribution >= 4 is 5.97 Å². The van der Waals surface area contributed by atoms with E-state index in [9.17, 15) is 26.7 Å². The van der Waals surface area contributed by atoms with Gasteiger partial charge in [0.1, 0.15) is 17.5 Å². The molecule has 9 heteroatoms. The minimum absolute atomic E-state index is 0.0363. The first-order chi connectivity index (χ1) is 13.8. The maximum atomic E-state index is 15.3. The molecule has 0 aliphatic carbocycles. The van der Waals surface area contributed by atoms with Crippen molar-refractivity contribution in [1.82, 2.24) is 0 Å². The van der Waals surface area contributed by atoms with Crippen LogP contribution in [-0.4, -0.2) is 12.6 Å². The van der Waals surface area contributed by atoms with Crippen molar-refractivity contribution in [3.8, 4) is 11.1 Å². The van der Waals surface area contributed by atoms with E-state index in [4.69, 9.17) is 5.73 Å². The molecule has 0 aliphatic heterocycles. The van der Waals surface area contributed by atoms with Crippen molar-refractivity contribution in [1.29, 1.82) is 0 Å². The number of alkyl halides is 3. The molecule has 0 bridgehead atoms. The molecule has 30 heavy (non-hydrogen) atoms. The Balaban J connectivity index is 2.84. The summed E-state index contributed by atoms with van der Waals surface area (Å²) in [6, 6.07) is -0.0811. The Hall–Kier alpha value is -2.55. The van der Waals surface area contributed by atoms with Gasteiger partial charge < -0.3 is 10.5 Å². The maximum absolute atomic E-state index is 15.3. The molecule has 0 saturated heterocycles. The molecule has 0 saturated carbocycles. The Bertz CT molecular complexity index is 985. The topological polar surface area (TPSA) is 52.3 Å². The fourth-order valence-electron chi connectivity index (χ4n) is 3.45. The second-order valence-corrected chi connectivity index (χ2v) is 6.95. The second kappa shape index (κ2) is 8.67. The molecule has 0 fully saturated rings. The van der Waals surface area contributed by atoms with Gasteiger partial charge in [-0.1, -0.05) is 6.07 Å². The van der Waals surface area contributed by atoms with E-state index in [-0.39, 0.29) is 23.3 Å². The summed E-state index contributed by atoms with van der Waals surface area (Å²) in [7, 11) is 0. The van der Waals surface area contributed by atoms with Gasteiger partial charge in [0.15, 0.2) is 0 Å². The van der Waals surface area contributed by atoms with Crippen molar-refractivity contribution < 1.29 is 35.9 Å². The van der Waals surface area contributed by atoms with Crippen molar-refractivity contribution in [2.45, 2.75) is 46.3 Å².